The van der Waals surface area contributed by atoms with Crippen LogP contribution < -0.4 is 5.56 Å². The molecule has 5 rings (SSSR count). The van der Waals surface area contributed by atoms with E-state index < -0.39 is 0 Å². The van der Waals surface area contributed by atoms with Crippen molar-refractivity contribution in [1.82, 2.24) is 24.3 Å². The largest absolute Gasteiger partial charge is 0.336 e. The minimum Gasteiger partial charge on any atom is -0.336 e. The second-order valence-corrected chi connectivity index (χ2v) is 9.08. The predicted octanol–water partition coefficient (Wildman–Crippen LogP) is 2.63. The minimum absolute atomic E-state index is 0.0668. The zero-order chi connectivity index (χ0) is 22.2. The second kappa shape index (κ2) is 8.31. The number of likely N-dealkylation sites (tertiary alicyclic amines) is 1. The Morgan fingerprint density at radius 3 is 2.69 bits per heavy atom. The second-order valence-electron chi connectivity index (χ2n) is 9.08. The van der Waals surface area contributed by atoms with E-state index in [-0.39, 0.29) is 23.3 Å². The van der Waals surface area contributed by atoms with Gasteiger partial charge in [-0.1, -0.05) is 24.3 Å². The van der Waals surface area contributed by atoms with Gasteiger partial charge in [0.05, 0.1) is 6.20 Å². The molecule has 1 amide bonds. The Labute approximate surface area is 187 Å². The van der Waals surface area contributed by atoms with Crippen molar-refractivity contribution in [2.75, 3.05) is 27.2 Å². The number of hydrogen-bond donors (Lipinski definition) is 0. The number of rotatable bonds is 4. The number of nitrogens with zero attached hydrogens (tertiary/aromatic N) is 5. The molecule has 1 fully saturated rings. The molecule has 1 aromatic carbocycles. The molecular weight excluding hydrogens is 402 g/mol. The summed E-state index contributed by atoms with van der Waals surface area (Å²) in [6.07, 6.45) is 5.63. The summed E-state index contributed by atoms with van der Waals surface area (Å²) >= 11 is 0. The molecule has 0 saturated carbocycles. The number of pyridine rings is 1. The fourth-order valence-electron chi connectivity index (χ4n) is 5.15. The number of amides is 1. The van der Waals surface area contributed by atoms with Crippen LogP contribution in [0.1, 0.15) is 34.1 Å². The van der Waals surface area contributed by atoms with Crippen molar-refractivity contribution < 1.29 is 4.79 Å². The summed E-state index contributed by atoms with van der Waals surface area (Å²) in [5.74, 6) is 0.326. The molecule has 7 heteroatoms. The van der Waals surface area contributed by atoms with Crippen molar-refractivity contribution in [3.8, 4) is 11.1 Å². The van der Waals surface area contributed by atoms with Gasteiger partial charge in [-0.15, -0.1) is 0 Å². The molecule has 2 aliphatic rings. The van der Waals surface area contributed by atoms with Crippen LogP contribution in [0.3, 0.4) is 0 Å². The molecule has 0 spiro atoms. The van der Waals surface area contributed by atoms with E-state index in [1.807, 2.05) is 47.8 Å². The van der Waals surface area contributed by atoms with Crippen molar-refractivity contribution in [1.29, 1.82) is 0 Å². The summed E-state index contributed by atoms with van der Waals surface area (Å²) in [7, 11) is 4.07. The van der Waals surface area contributed by atoms with Crippen LogP contribution in [0.25, 0.3) is 11.1 Å². The van der Waals surface area contributed by atoms with Crippen LogP contribution in [-0.2, 0) is 13.1 Å². The van der Waals surface area contributed by atoms with Crippen molar-refractivity contribution in [2.24, 2.45) is 5.92 Å². The van der Waals surface area contributed by atoms with E-state index >= 15 is 0 Å². The average Bonchev–Trinajstić information content (AvgIpc) is 2.80. The van der Waals surface area contributed by atoms with E-state index in [0.29, 0.717) is 25.3 Å². The summed E-state index contributed by atoms with van der Waals surface area (Å²) in [5, 5.41) is 0. The highest BCUT2D eigenvalue weighted by Gasteiger charge is 2.37. The monoisotopic (exact) mass is 429 g/mol. The van der Waals surface area contributed by atoms with Gasteiger partial charge in [0.25, 0.3) is 11.5 Å². The molecule has 0 N–H and O–H groups in total. The molecule has 0 aliphatic carbocycles. The number of hydrogen-bond acceptors (Lipinski definition) is 5. The first-order valence-corrected chi connectivity index (χ1v) is 11.0. The highest BCUT2D eigenvalue weighted by atomic mass is 16.2. The van der Waals surface area contributed by atoms with Gasteiger partial charge in [-0.05, 0) is 49.7 Å². The first kappa shape index (κ1) is 20.6. The van der Waals surface area contributed by atoms with Crippen molar-refractivity contribution in [3.05, 3.63) is 82.3 Å². The zero-order valence-electron chi connectivity index (χ0n) is 18.4. The molecule has 1 saturated heterocycles. The van der Waals surface area contributed by atoms with Gasteiger partial charge in [0.2, 0.25) is 0 Å². The lowest BCUT2D eigenvalue weighted by molar-refractivity contribution is 0.0588. The highest BCUT2D eigenvalue weighted by Crippen LogP contribution is 2.36. The number of piperidine rings is 1. The highest BCUT2D eigenvalue weighted by molar-refractivity contribution is 5.92. The van der Waals surface area contributed by atoms with E-state index in [4.69, 9.17) is 0 Å². The zero-order valence-corrected chi connectivity index (χ0v) is 18.4. The van der Waals surface area contributed by atoms with Gasteiger partial charge in [0.1, 0.15) is 5.69 Å². The third-order valence-corrected chi connectivity index (χ3v) is 6.47. The van der Waals surface area contributed by atoms with Crippen molar-refractivity contribution in [2.45, 2.75) is 25.4 Å². The average molecular weight is 430 g/mol. The Morgan fingerprint density at radius 1 is 1.06 bits per heavy atom. The molecule has 2 bridgehead atoms. The SMILES string of the molecule is CN(C)Cc1ccccc1-c1ccc2n(c1=O)CC1CC2CN(C(=O)c2cnccn2)C1. The third kappa shape index (κ3) is 3.73. The summed E-state index contributed by atoms with van der Waals surface area (Å²) in [4.78, 5) is 38.7. The topological polar surface area (TPSA) is 71.3 Å². The first-order valence-electron chi connectivity index (χ1n) is 11.0. The lowest BCUT2D eigenvalue weighted by atomic mass is 9.82. The molecule has 2 unspecified atom stereocenters. The van der Waals surface area contributed by atoms with Crippen LogP contribution in [0.2, 0.25) is 0 Å². The Bertz CT molecular complexity index is 1200. The molecule has 4 heterocycles. The fraction of sp³-hybridized carbons (Fsp3) is 0.360. The maximum absolute atomic E-state index is 13.6. The molecule has 164 valence electrons. The standard InChI is InChI=1S/C25H27N5O2/c1-28(2)15-18-5-3-4-6-20(18)21-7-8-23-19-11-17(14-30(23)24(21)31)13-29(16-19)25(32)22-12-26-9-10-27-22/h3-10,12,17,19H,11,13-16H2,1-2H3. The normalized spacial score (nSPS) is 19.7. The Kier molecular flexibility index (Phi) is 5.35. The molecule has 32 heavy (non-hydrogen) atoms. The Hall–Kier alpha value is -3.32. The van der Waals surface area contributed by atoms with Gasteiger partial charge in [0.15, 0.2) is 0 Å². The number of carbonyl (C=O) groups is 1. The van der Waals surface area contributed by atoms with Crippen molar-refractivity contribution in [3.63, 3.8) is 0 Å². The third-order valence-electron chi connectivity index (χ3n) is 6.47. The Morgan fingerprint density at radius 2 is 1.91 bits per heavy atom. The van der Waals surface area contributed by atoms with Gasteiger partial charge >= 0.3 is 0 Å². The van der Waals surface area contributed by atoms with Crippen molar-refractivity contribution >= 4 is 5.91 Å². The van der Waals surface area contributed by atoms with Gasteiger partial charge in [-0.3, -0.25) is 14.6 Å². The van der Waals surface area contributed by atoms with Gasteiger partial charge in [-0.25, -0.2) is 4.98 Å². The molecular formula is C25H27N5O2. The number of fused-ring (bicyclic) bond motifs is 4. The summed E-state index contributed by atoms with van der Waals surface area (Å²) in [6.45, 7) is 2.65. The van der Waals surface area contributed by atoms with Crippen LogP contribution in [0, 0.1) is 5.92 Å². The Balaban J connectivity index is 1.47. The van der Waals surface area contributed by atoms with E-state index in [0.717, 1.165) is 35.3 Å². The summed E-state index contributed by atoms with van der Waals surface area (Å²) in [5.41, 5.74) is 4.36. The molecule has 3 aromatic rings. The fourth-order valence-corrected chi connectivity index (χ4v) is 5.15. The van der Waals surface area contributed by atoms with Crippen LogP contribution >= 0.6 is 0 Å². The smallest absolute Gasteiger partial charge is 0.274 e. The minimum atomic E-state index is -0.0853. The maximum Gasteiger partial charge on any atom is 0.274 e. The first-order chi connectivity index (χ1) is 15.5. The summed E-state index contributed by atoms with van der Waals surface area (Å²) in [6, 6.07) is 12.2. The van der Waals surface area contributed by atoms with Gasteiger partial charge in [-0.2, -0.15) is 0 Å². The van der Waals surface area contributed by atoms with Crippen LogP contribution in [0.4, 0.5) is 0 Å². The lowest BCUT2D eigenvalue weighted by Gasteiger charge is -2.42. The van der Waals surface area contributed by atoms with E-state index in [9.17, 15) is 9.59 Å². The van der Waals surface area contributed by atoms with E-state index in [1.54, 1.807) is 12.4 Å². The van der Waals surface area contributed by atoms with Crippen LogP contribution in [-0.4, -0.2) is 57.4 Å². The maximum atomic E-state index is 13.6. The lowest BCUT2D eigenvalue weighted by Crippen LogP contribution is -2.49. The molecule has 0 radical (unpaired) electrons. The molecule has 2 atom stereocenters. The van der Waals surface area contributed by atoms with Gasteiger partial charge in [0, 0.05) is 55.7 Å². The van der Waals surface area contributed by atoms with E-state index in [1.165, 1.54) is 6.20 Å². The van der Waals surface area contributed by atoms with Gasteiger partial charge < -0.3 is 14.4 Å². The quantitative estimate of drug-likeness (QED) is 0.638. The van der Waals surface area contributed by atoms with Crippen LogP contribution in [0.15, 0.2) is 59.8 Å². The predicted molar refractivity (Wildman–Crippen MR) is 122 cm³/mol. The number of benzene rings is 1. The number of aromatic nitrogens is 3. The molecule has 2 aliphatic heterocycles. The molecule has 7 nitrogen and oxygen atoms in total. The summed E-state index contributed by atoms with van der Waals surface area (Å²) < 4.78 is 1.95. The van der Waals surface area contributed by atoms with E-state index in [2.05, 4.69) is 27.0 Å². The molecule has 2 aromatic heterocycles. The number of carbonyl (C=O) groups excluding carboxylic acids is 1. The van der Waals surface area contributed by atoms with Crippen LogP contribution in [0.5, 0.6) is 0 Å².